The quantitative estimate of drug-likeness (QED) is 0.367. The van der Waals surface area contributed by atoms with Crippen LogP contribution in [0.2, 0.25) is 0 Å². The summed E-state index contributed by atoms with van der Waals surface area (Å²) in [5, 5.41) is 13.7. The van der Waals surface area contributed by atoms with E-state index in [-0.39, 0.29) is 6.17 Å². The van der Waals surface area contributed by atoms with Crippen LogP contribution in [0.5, 0.6) is 5.75 Å². The van der Waals surface area contributed by atoms with Gasteiger partial charge in [-0.2, -0.15) is 10.2 Å². The Labute approximate surface area is 198 Å². The molecular weight excluding hydrogens is 422 g/mol. The normalized spacial score (nSPS) is 14.3. The van der Waals surface area contributed by atoms with E-state index in [1.165, 1.54) is 11.1 Å². The van der Waals surface area contributed by atoms with Crippen LogP contribution >= 0.6 is 0 Å². The number of para-hydroxylation sites is 2. The molecule has 6 rings (SSSR count). The van der Waals surface area contributed by atoms with Gasteiger partial charge in [-0.15, -0.1) is 0 Å². The zero-order chi connectivity index (χ0) is 23.2. The van der Waals surface area contributed by atoms with Gasteiger partial charge in [0.1, 0.15) is 5.75 Å². The van der Waals surface area contributed by atoms with E-state index in [0.29, 0.717) is 0 Å². The number of ether oxygens (including phenoxy) is 1. The maximum Gasteiger partial charge on any atom is 0.151 e. The average Bonchev–Trinajstić information content (AvgIpc) is 3.49. The summed E-state index contributed by atoms with van der Waals surface area (Å²) in [4.78, 5) is 0. The minimum absolute atomic E-state index is 0.202. The van der Waals surface area contributed by atoms with E-state index in [1.54, 1.807) is 7.11 Å². The Bertz CT molecular complexity index is 1480. The van der Waals surface area contributed by atoms with E-state index in [2.05, 4.69) is 71.7 Å². The molecule has 0 amide bonds. The number of aromatic nitrogens is 4. The first-order valence-corrected chi connectivity index (χ1v) is 11.3. The van der Waals surface area contributed by atoms with Gasteiger partial charge >= 0.3 is 0 Å². The number of nitrogens with zero attached hydrogens (tertiary/aromatic N) is 4. The first-order valence-electron chi connectivity index (χ1n) is 11.3. The van der Waals surface area contributed by atoms with Crippen LogP contribution in [-0.2, 0) is 0 Å². The molecule has 1 atom stereocenters. The molecule has 6 heteroatoms. The van der Waals surface area contributed by atoms with Crippen molar-refractivity contribution in [1.82, 2.24) is 19.6 Å². The molecule has 0 unspecified atom stereocenters. The highest BCUT2D eigenvalue weighted by Crippen LogP contribution is 2.42. The van der Waals surface area contributed by atoms with Crippen molar-refractivity contribution in [2.24, 2.45) is 0 Å². The molecule has 168 valence electrons. The molecule has 5 aromatic rings. The predicted octanol–water partition coefficient (Wildman–Crippen LogP) is 6.00. The molecule has 3 aromatic carbocycles. The third-order valence-electron chi connectivity index (χ3n) is 6.35. The highest BCUT2D eigenvalue weighted by molar-refractivity contribution is 5.82. The van der Waals surface area contributed by atoms with E-state index >= 15 is 0 Å². The second-order valence-corrected chi connectivity index (χ2v) is 8.60. The van der Waals surface area contributed by atoms with Gasteiger partial charge in [-0.05, 0) is 61.9 Å². The fraction of sp³-hybridized carbons (Fsp3) is 0.143. The number of fused-ring (bicyclic) bond motifs is 3. The van der Waals surface area contributed by atoms with Crippen molar-refractivity contribution in [3.8, 4) is 34.0 Å². The van der Waals surface area contributed by atoms with Crippen molar-refractivity contribution >= 4 is 5.69 Å². The molecule has 0 saturated carbocycles. The molecular formula is C28H25N5O. The topological polar surface area (TPSA) is 56.9 Å². The Morgan fingerprint density at radius 3 is 2.44 bits per heavy atom. The highest BCUT2D eigenvalue weighted by atomic mass is 16.5. The monoisotopic (exact) mass is 447 g/mol. The number of hydrogen-bond acceptors (Lipinski definition) is 4. The van der Waals surface area contributed by atoms with Gasteiger partial charge in [0.15, 0.2) is 6.17 Å². The van der Waals surface area contributed by atoms with Gasteiger partial charge in [0.05, 0.1) is 29.9 Å². The van der Waals surface area contributed by atoms with Crippen molar-refractivity contribution in [2.75, 3.05) is 12.4 Å². The summed E-state index contributed by atoms with van der Waals surface area (Å²) in [7, 11) is 1.68. The molecule has 0 bridgehead atoms. The van der Waals surface area contributed by atoms with Gasteiger partial charge in [-0.3, -0.25) is 0 Å². The third kappa shape index (κ3) is 3.27. The van der Waals surface area contributed by atoms with Crippen LogP contribution in [0.3, 0.4) is 0 Å². The SMILES string of the molecule is COc1ccc(-c2nn(-c3ccccc3)cc2[C@@H]2Nc3c(C)cccc3-c3cc(C)nn32)cc1. The van der Waals surface area contributed by atoms with Crippen LogP contribution in [0, 0.1) is 13.8 Å². The van der Waals surface area contributed by atoms with Crippen molar-refractivity contribution in [3.05, 3.63) is 102 Å². The number of rotatable bonds is 4. The predicted molar refractivity (Wildman–Crippen MR) is 134 cm³/mol. The second kappa shape index (κ2) is 7.92. The van der Waals surface area contributed by atoms with Crippen LogP contribution in [-0.4, -0.2) is 26.7 Å². The van der Waals surface area contributed by atoms with Gasteiger partial charge in [0.2, 0.25) is 0 Å². The summed E-state index contributed by atoms with van der Waals surface area (Å²) >= 11 is 0. The molecule has 1 aliphatic rings. The molecule has 1 aliphatic heterocycles. The summed E-state index contributed by atoms with van der Waals surface area (Å²) in [5.74, 6) is 0.818. The van der Waals surface area contributed by atoms with Crippen LogP contribution in [0.15, 0.2) is 85.1 Å². The van der Waals surface area contributed by atoms with Crippen LogP contribution in [0.1, 0.15) is 23.0 Å². The maximum absolute atomic E-state index is 5.38. The number of anilines is 1. The van der Waals surface area contributed by atoms with Gasteiger partial charge in [-0.1, -0.05) is 36.4 Å². The van der Waals surface area contributed by atoms with E-state index < -0.39 is 0 Å². The summed E-state index contributed by atoms with van der Waals surface area (Å²) < 4.78 is 9.40. The third-order valence-corrected chi connectivity index (χ3v) is 6.35. The van der Waals surface area contributed by atoms with Gasteiger partial charge in [0.25, 0.3) is 0 Å². The number of benzene rings is 3. The van der Waals surface area contributed by atoms with Crippen LogP contribution in [0.25, 0.3) is 28.2 Å². The van der Waals surface area contributed by atoms with Crippen LogP contribution in [0.4, 0.5) is 5.69 Å². The number of methoxy groups -OCH3 is 1. The second-order valence-electron chi connectivity index (χ2n) is 8.60. The van der Waals surface area contributed by atoms with E-state index in [4.69, 9.17) is 14.9 Å². The van der Waals surface area contributed by atoms with Crippen molar-refractivity contribution in [2.45, 2.75) is 20.0 Å². The summed E-state index contributed by atoms with van der Waals surface area (Å²) in [6.45, 7) is 4.18. The lowest BCUT2D eigenvalue weighted by Gasteiger charge is -2.30. The molecule has 3 heterocycles. The van der Waals surface area contributed by atoms with Crippen molar-refractivity contribution in [3.63, 3.8) is 0 Å². The van der Waals surface area contributed by atoms with Gasteiger partial charge in [0, 0.05) is 28.6 Å². The van der Waals surface area contributed by atoms with E-state index in [1.807, 2.05) is 41.9 Å². The fourth-order valence-electron chi connectivity index (χ4n) is 4.67. The lowest BCUT2D eigenvalue weighted by molar-refractivity contribution is 0.415. The molecule has 0 fully saturated rings. The first-order chi connectivity index (χ1) is 16.6. The maximum atomic E-state index is 5.38. The minimum atomic E-state index is -0.202. The Hall–Kier alpha value is -4.32. The van der Waals surface area contributed by atoms with E-state index in [9.17, 15) is 0 Å². The first kappa shape index (κ1) is 20.3. The lowest BCUT2D eigenvalue weighted by Crippen LogP contribution is -2.26. The standard InChI is InChI=1S/C28H25N5O/c1-18-8-7-11-23-25-16-19(2)30-33(25)28(29-26(18)23)24-17-32(21-9-5-4-6-10-21)31-27(24)20-12-14-22(34-3)15-13-20/h4-17,28-29H,1-3H3/t28-/m1/s1. The lowest BCUT2D eigenvalue weighted by atomic mass is 9.99. The summed E-state index contributed by atoms with van der Waals surface area (Å²) in [5.41, 5.74) is 9.57. The van der Waals surface area contributed by atoms with Crippen molar-refractivity contribution in [1.29, 1.82) is 0 Å². The molecule has 6 nitrogen and oxygen atoms in total. The molecule has 0 radical (unpaired) electrons. The zero-order valence-electron chi connectivity index (χ0n) is 19.4. The smallest absolute Gasteiger partial charge is 0.151 e. The number of nitrogens with one attached hydrogen (secondary N) is 1. The number of aryl methyl sites for hydroxylation is 2. The molecule has 0 spiro atoms. The zero-order valence-corrected chi connectivity index (χ0v) is 19.4. The Balaban J connectivity index is 1.56. The molecule has 0 saturated heterocycles. The summed E-state index contributed by atoms with van der Waals surface area (Å²) in [6, 6.07) is 26.8. The summed E-state index contributed by atoms with van der Waals surface area (Å²) in [6.07, 6.45) is 1.91. The highest BCUT2D eigenvalue weighted by Gasteiger charge is 2.31. The van der Waals surface area contributed by atoms with Crippen LogP contribution < -0.4 is 10.1 Å². The average molecular weight is 448 g/mol. The number of hydrogen-bond donors (Lipinski definition) is 1. The van der Waals surface area contributed by atoms with Crippen molar-refractivity contribution < 1.29 is 4.74 Å². The molecule has 34 heavy (non-hydrogen) atoms. The molecule has 1 N–H and O–H groups in total. The molecule has 0 aliphatic carbocycles. The Morgan fingerprint density at radius 2 is 1.68 bits per heavy atom. The fourth-order valence-corrected chi connectivity index (χ4v) is 4.67. The minimum Gasteiger partial charge on any atom is -0.497 e. The van der Waals surface area contributed by atoms with Gasteiger partial charge in [-0.25, -0.2) is 9.36 Å². The van der Waals surface area contributed by atoms with Gasteiger partial charge < -0.3 is 10.1 Å². The Morgan fingerprint density at radius 1 is 0.882 bits per heavy atom. The Kier molecular flexibility index (Phi) is 4.73. The van der Waals surface area contributed by atoms with E-state index in [0.717, 1.165) is 45.3 Å². The molecule has 2 aromatic heterocycles. The largest absolute Gasteiger partial charge is 0.497 e.